The number of nitrogens with zero attached hydrogens (tertiary/aromatic N) is 1. The predicted octanol–water partition coefficient (Wildman–Crippen LogP) is 4.43. The number of aromatic nitrogens is 1. The van der Waals surface area contributed by atoms with Gasteiger partial charge in [0.1, 0.15) is 12.4 Å². The number of para-hydroxylation sites is 1. The molecule has 2 heteroatoms. The zero-order valence-electron chi connectivity index (χ0n) is 11.8. The van der Waals surface area contributed by atoms with Crippen molar-refractivity contribution in [3.8, 4) is 5.75 Å². The molecule has 1 aromatic heterocycles. The highest BCUT2D eigenvalue weighted by Crippen LogP contribution is 2.21. The van der Waals surface area contributed by atoms with E-state index >= 15 is 0 Å². The summed E-state index contributed by atoms with van der Waals surface area (Å²) in [6.45, 7) is 4.67. The monoisotopic (exact) mass is 263 g/mol. The summed E-state index contributed by atoms with van der Waals surface area (Å²) in [7, 11) is 0. The van der Waals surface area contributed by atoms with Crippen molar-refractivity contribution < 1.29 is 4.74 Å². The van der Waals surface area contributed by atoms with E-state index in [2.05, 4.69) is 37.0 Å². The molecule has 3 aromatic rings. The highest BCUT2D eigenvalue weighted by Gasteiger charge is 2.03. The molecule has 0 aliphatic heterocycles. The fraction of sp³-hybridized carbons (Fsp3) is 0.167. The molecule has 0 aliphatic carbocycles. The van der Waals surface area contributed by atoms with Crippen LogP contribution < -0.4 is 4.74 Å². The third-order valence-corrected chi connectivity index (χ3v) is 3.59. The third kappa shape index (κ3) is 2.50. The molecule has 0 aliphatic rings. The van der Waals surface area contributed by atoms with Crippen molar-refractivity contribution >= 4 is 10.9 Å². The molecule has 0 saturated heterocycles. The van der Waals surface area contributed by atoms with Crippen LogP contribution in [0.5, 0.6) is 5.75 Å². The predicted molar refractivity (Wildman–Crippen MR) is 82.0 cm³/mol. The lowest BCUT2D eigenvalue weighted by Gasteiger charge is -2.10. The summed E-state index contributed by atoms with van der Waals surface area (Å²) in [5, 5.41) is 1.16. The van der Waals surface area contributed by atoms with E-state index in [-0.39, 0.29) is 0 Å². The topological polar surface area (TPSA) is 22.1 Å². The minimum absolute atomic E-state index is 0.495. The van der Waals surface area contributed by atoms with Crippen LogP contribution in [-0.2, 0) is 6.61 Å². The maximum absolute atomic E-state index is 5.89. The van der Waals surface area contributed by atoms with Gasteiger partial charge in [0.25, 0.3) is 0 Å². The Bertz CT molecular complexity index is 749. The van der Waals surface area contributed by atoms with Crippen LogP contribution in [0.3, 0.4) is 0 Å². The Kier molecular flexibility index (Phi) is 3.38. The first-order valence-corrected chi connectivity index (χ1v) is 6.78. The van der Waals surface area contributed by atoms with Gasteiger partial charge in [0.15, 0.2) is 0 Å². The third-order valence-electron chi connectivity index (χ3n) is 3.59. The van der Waals surface area contributed by atoms with Crippen LogP contribution in [0.25, 0.3) is 10.9 Å². The van der Waals surface area contributed by atoms with Crippen molar-refractivity contribution in [1.82, 2.24) is 4.98 Å². The van der Waals surface area contributed by atoms with Gasteiger partial charge < -0.3 is 4.74 Å². The maximum atomic E-state index is 5.89. The van der Waals surface area contributed by atoms with Gasteiger partial charge >= 0.3 is 0 Å². The van der Waals surface area contributed by atoms with Crippen LogP contribution in [0.4, 0.5) is 0 Å². The lowest BCUT2D eigenvalue weighted by atomic mass is 10.1. The van der Waals surface area contributed by atoms with Gasteiger partial charge in [0.2, 0.25) is 0 Å². The standard InChI is InChI=1S/C18H17NO/c1-13-6-5-9-18(14(13)2)20-12-16-11-10-15-7-3-4-8-17(15)19-16/h3-11H,12H2,1-2H3. The molecule has 100 valence electrons. The van der Waals surface area contributed by atoms with Crippen LogP contribution in [0, 0.1) is 13.8 Å². The van der Waals surface area contributed by atoms with Crippen LogP contribution in [0.1, 0.15) is 16.8 Å². The minimum Gasteiger partial charge on any atom is -0.487 e. The van der Waals surface area contributed by atoms with E-state index < -0.39 is 0 Å². The van der Waals surface area contributed by atoms with E-state index in [9.17, 15) is 0 Å². The number of aryl methyl sites for hydroxylation is 1. The Morgan fingerprint density at radius 3 is 2.65 bits per heavy atom. The lowest BCUT2D eigenvalue weighted by molar-refractivity contribution is 0.299. The zero-order chi connectivity index (χ0) is 13.9. The number of ether oxygens (including phenoxy) is 1. The van der Waals surface area contributed by atoms with Gasteiger partial charge in [-0.05, 0) is 43.2 Å². The molecule has 1 heterocycles. The molecule has 0 atom stereocenters. The van der Waals surface area contributed by atoms with E-state index in [4.69, 9.17) is 4.74 Å². The average molecular weight is 263 g/mol. The van der Waals surface area contributed by atoms with Gasteiger partial charge in [-0.1, -0.05) is 36.4 Å². The van der Waals surface area contributed by atoms with Crippen LogP contribution >= 0.6 is 0 Å². The van der Waals surface area contributed by atoms with Crippen molar-refractivity contribution in [2.75, 3.05) is 0 Å². The number of hydrogen-bond acceptors (Lipinski definition) is 2. The Morgan fingerprint density at radius 2 is 1.75 bits per heavy atom. The first kappa shape index (κ1) is 12.7. The summed E-state index contributed by atoms with van der Waals surface area (Å²) in [6.07, 6.45) is 0. The van der Waals surface area contributed by atoms with Crippen molar-refractivity contribution in [3.63, 3.8) is 0 Å². The SMILES string of the molecule is Cc1cccc(OCc2ccc3ccccc3n2)c1C. The first-order valence-electron chi connectivity index (χ1n) is 6.78. The Morgan fingerprint density at radius 1 is 0.900 bits per heavy atom. The lowest BCUT2D eigenvalue weighted by Crippen LogP contribution is -2.00. The van der Waals surface area contributed by atoms with E-state index in [1.165, 1.54) is 11.1 Å². The van der Waals surface area contributed by atoms with E-state index in [1.807, 2.05) is 36.4 Å². The molecular weight excluding hydrogens is 246 g/mol. The number of fused-ring (bicyclic) bond motifs is 1. The van der Waals surface area contributed by atoms with Crippen LogP contribution in [0.2, 0.25) is 0 Å². The number of hydrogen-bond donors (Lipinski definition) is 0. The second-order valence-electron chi connectivity index (χ2n) is 4.98. The Hall–Kier alpha value is -2.35. The first-order chi connectivity index (χ1) is 9.74. The van der Waals surface area contributed by atoms with Gasteiger partial charge in [-0.2, -0.15) is 0 Å². The van der Waals surface area contributed by atoms with Gasteiger partial charge in [0, 0.05) is 5.39 Å². The molecule has 0 bridgehead atoms. The summed E-state index contributed by atoms with van der Waals surface area (Å²) in [5.41, 5.74) is 4.39. The van der Waals surface area contributed by atoms with Crippen LogP contribution in [0.15, 0.2) is 54.6 Å². The molecule has 0 amide bonds. The fourth-order valence-electron chi connectivity index (χ4n) is 2.22. The highest BCUT2D eigenvalue weighted by atomic mass is 16.5. The molecule has 20 heavy (non-hydrogen) atoms. The Labute approximate surface area is 119 Å². The minimum atomic E-state index is 0.495. The molecule has 2 aromatic carbocycles. The van der Waals surface area contributed by atoms with Crippen molar-refractivity contribution in [3.05, 3.63) is 71.4 Å². The normalized spacial score (nSPS) is 10.7. The molecule has 0 N–H and O–H groups in total. The van der Waals surface area contributed by atoms with Gasteiger partial charge in [-0.15, -0.1) is 0 Å². The smallest absolute Gasteiger partial charge is 0.130 e. The van der Waals surface area contributed by atoms with Crippen molar-refractivity contribution in [1.29, 1.82) is 0 Å². The molecule has 0 spiro atoms. The van der Waals surface area contributed by atoms with E-state index in [0.717, 1.165) is 22.3 Å². The second kappa shape index (κ2) is 5.33. The van der Waals surface area contributed by atoms with Gasteiger partial charge in [0.05, 0.1) is 11.2 Å². The average Bonchev–Trinajstić information content (AvgIpc) is 2.48. The zero-order valence-corrected chi connectivity index (χ0v) is 11.8. The summed E-state index contributed by atoms with van der Waals surface area (Å²) < 4.78 is 5.89. The Balaban J connectivity index is 1.81. The number of pyridine rings is 1. The van der Waals surface area contributed by atoms with Crippen LogP contribution in [-0.4, -0.2) is 4.98 Å². The molecule has 0 saturated carbocycles. The van der Waals surface area contributed by atoms with Crippen molar-refractivity contribution in [2.45, 2.75) is 20.5 Å². The van der Waals surface area contributed by atoms with E-state index in [1.54, 1.807) is 0 Å². The second-order valence-corrected chi connectivity index (χ2v) is 4.98. The molecule has 3 rings (SSSR count). The quantitative estimate of drug-likeness (QED) is 0.697. The summed E-state index contributed by atoms with van der Waals surface area (Å²) in [5.74, 6) is 0.931. The summed E-state index contributed by atoms with van der Waals surface area (Å²) >= 11 is 0. The fourth-order valence-corrected chi connectivity index (χ4v) is 2.22. The maximum Gasteiger partial charge on any atom is 0.130 e. The largest absolute Gasteiger partial charge is 0.487 e. The van der Waals surface area contributed by atoms with Crippen molar-refractivity contribution in [2.24, 2.45) is 0 Å². The highest BCUT2D eigenvalue weighted by molar-refractivity contribution is 5.78. The van der Waals surface area contributed by atoms with E-state index in [0.29, 0.717) is 6.61 Å². The molecule has 0 unspecified atom stereocenters. The summed E-state index contributed by atoms with van der Waals surface area (Å²) in [4.78, 5) is 4.62. The van der Waals surface area contributed by atoms with Gasteiger partial charge in [-0.25, -0.2) is 4.98 Å². The number of benzene rings is 2. The van der Waals surface area contributed by atoms with Gasteiger partial charge in [-0.3, -0.25) is 0 Å². The molecule has 2 nitrogen and oxygen atoms in total. The number of rotatable bonds is 3. The summed E-state index contributed by atoms with van der Waals surface area (Å²) in [6, 6.07) is 18.3. The molecular formula is C18H17NO. The molecule has 0 fully saturated rings. The molecule has 0 radical (unpaired) electrons.